The predicted octanol–water partition coefficient (Wildman–Crippen LogP) is 5.49. The van der Waals surface area contributed by atoms with E-state index in [9.17, 15) is 22.8 Å². The van der Waals surface area contributed by atoms with Crippen LogP contribution in [-0.4, -0.2) is 32.9 Å². The summed E-state index contributed by atoms with van der Waals surface area (Å²) in [5.74, 6) is -0.321. The van der Waals surface area contributed by atoms with Gasteiger partial charge in [-0.25, -0.2) is 9.69 Å². The lowest BCUT2D eigenvalue weighted by Gasteiger charge is -2.23. The number of pyridine rings is 1. The Labute approximate surface area is 182 Å². The molecule has 0 unspecified atom stereocenters. The molecule has 2 aliphatic rings. The molecule has 0 radical (unpaired) electrons. The zero-order valence-corrected chi connectivity index (χ0v) is 18.2. The smallest absolute Gasteiger partial charge is 0.305 e. The Kier molecular flexibility index (Phi) is 5.07. The van der Waals surface area contributed by atoms with Crippen LogP contribution in [0.1, 0.15) is 44.9 Å². The van der Waals surface area contributed by atoms with Crippen LogP contribution in [0, 0.1) is 0 Å². The van der Waals surface area contributed by atoms with Crippen molar-refractivity contribution in [2.45, 2.75) is 61.5 Å². The van der Waals surface area contributed by atoms with Gasteiger partial charge < -0.3 is 4.90 Å². The van der Waals surface area contributed by atoms with Crippen molar-refractivity contribution in [2.75, 3.05) is 4.90 Å². The lowest BCUT2D eigenvalue weighted by Crippen LogP contribution is -2.36. The maximum atomic E-state index is 13.2. The number of nitrogens with zero attached hydrogens (tertiary/aromatic N) is 3. The molecule has 2 fully saturated rings. The number of aromatic nitrogens is 1. The second-order valence-corrected chi connectivity index (χ2v) is 10.0. The van der Waals surface area contributed by atoms with E-state index in [1.54, 1.807) is 11.1 Å². The standard InChI is InChI=1S/C22H22F3N3O2S/c1-20(2,3)17-12-14(8-11-26-17)13-27-19(30)28(18(29)21(27)9-10-21)15-4-6-16(7-5-15)31-22(23,24)25/h4-8,11-12H,9-10,13H2,1-3H3. The van der Waals surface area contributed by atoms with Crippen LogP contribution in [0.15, 0.2) is 47.5 Å². The van der Waals surface area contributed by atoms with Gasteiger partial charge >= 0.3 is 11.5 Å². The molecule has 31 heavy (non-hydrogen) atoms. The molecule has 1 saturated heterocycles. The van der Waals surface area contributed by atoms with E-state index in [2.05, 4.69) is 25.8 Å². The summed E-state index contributed by atoms with van der Waals surface area (Å²) in [6.07, 6.45) is 2.85. The van der Waals surface area contributed by atoms with E-state index in [0.29, 0.717) is 12.8 Å². The minimum absolute atomic E-state index is 0.000156. The molecule has 4 rings (SSSR count). The number of benzene rings is 1. The van der Waals surface area contributed by atoms with Crippen molar-refractivity contribution in [3.63, 3.8) is 0 Å². The number of halogens is 3. The fraction of sp³-hybridized carbons (Fsp3) is 0.409. The molecule has 1 aliphatic heterocycles. The first-order valence-electron chi connectivity index (χ1n) is 9.88. The summed E-state index contributed by atoms with van der Waals surface area (Å²) in [5.41, 5.74) is -3.36. The van der Waals surface area contributed by atoms with Crippen molar-refractivity contribution in [1.82, 2.24) is 9.88 Å². The summed E-state index contributed by atoms with van der Waals surface area (Å²) in [7, 11) is 0. The highest BCUT2D eigenvalue weighted by molar-refractivity contribution is 8.00. The molecular weight excluding hydrogens is 427 g/mol. The van der Waals surface area contributed by atoms with Gasteiger partial charge in [-0.3, -0.25) is 9.78 Å². The van der Waals surface area contributed by atoms with Gasteiger partial charge in [0.1, 0.15) is 5.54 Å². The third-order valence-electron chi connectivity index (χ3n) is 5.53. The van der Waals surface area contributed by atoms with Crippen LogP contribution in [0.2, 0.25) is 0 Å². The van der Waals surface area contributed by atoms with E-state index in [-0.39, 0.29) is 40.2 Å². The number of urea groups is 1. The number of amides is 3. The Morgan fingerprint density at radius 2 is 1.71 bits per heavy atom. The topological polar surface area (TPSA) is 53.5 Å². The first-order chi connectivity index (χ1) is 14.4. The largest absolute Gasteiger partial charge is 0.446 e. The van der Waals surface area contributed by atoms with Gasteiger partial charge in [-0.1, -0.05) is 20.8 Å². The highest BCUT2D eigenvalue weighted by Gasteiger charge is 2.65. The summed E-state index contributed by atoms with van der Waals surface area (Å²) < 4.78 is 37.7. The Bertz CT molecular complexity index is 1030. The zero-order valence-electron chi connectivity index (χ0n) is 17.4. The SMILES string of the molecule is CC(C)(C)c1cc(CN2C(=O)N(c3ccc(SC(F)(F)F)cc3)C(=O)C23CC3)ccn1. The van der Waals surface area contributed by atoms with Gasteiger partial charge in [0.15, 0.2) is 0 Å². The van der Waals surface area contributed by atoms with Crippen molar-refractivity contribution in [1.29, 1.82) is 0 Å². The van der Waals surface area contributed by atoms with Crippen LogP contribution in [0.5, 0.6) is 0 Å². The molecule has 0 atom stereocenters. The Balaban J connectivity index is 1.59. The number of carbonyl (C=O) groups excluding carboxylic acids is 2. The van der Waals surface area contributed by atoms with Gasteiger partial charge in [-0.15, -0.1) is 0 Å². The molecule has 1 aromatic carbocycles. The Hall–Kier alpha value is -2.55. The zero-order chi connectivity index (χ0) is 22.6. The van der Waals surface area contributed by atoms with E-state index in [4.69, 9.17) is 0 Å². The third-order valence-corrected chi connectivity index (χ3v) is 6.26. The molecule has 0 N–H and O–H groups in total. The van der Waals surface area contributed by atoms with Gasteiger partial charge in [0.05, 0.1) is 5.69 Å². The van der Waals surface area contributed by atoms with Gasteiger partial charge in [-0.05, 0) is 66.6 Å². The van der Waals surface area contributed by atoms with Gasteiger partial charge in [0, 0.05) is 28.7 Å². The van der Waals surface area contributed by atoms with Crippen LogP contribution in [0.4, 0.5) is 23.7 Å². The van der Waals surface area contributed by atoms with Crippen molar-refractivity contribution in [2.24, 2.45) is 0 Å². The van der Waals surface area contributed by atoms with Crippen LogP contribution in [0.3, 0.4) is 0 Å². The highest BCUT2D eigenvalue weighted by atomic mass is 32.2. The quantitative estimate of drug-likeness (QED) is 0.457. The maximum Gasteiger partial charge on any atom is 0.446 e. The molecule has 1 saturated carbocycles. The monoisotopic (exact) mass is 449 g/mol. The fourth-order valence-corrected chi connectivity index (χ4v) is 4.26. The van der Waals surface area contributed by atoms with Crippen molar-refractivity contribution in [3.8, 4) is 0 Å². The first kappa shape index (κ1) is 21.7. The Morgan fingerprint density at radius 3 is 2.26 bits per heavy atom. The van der Waals surface area contributed by atoms with Crippen LogP contribution >= 0.6 is 11.8 Å². The fourth-order valence-electron chi connectivity index (χ4n) is 3.73. The van der Waals surface area contributed by atoms with E-state index >= 15 is 0 Å². The van der Waals surface area contributed by atoms with Gasteiger partial charge in [0.2, 0.25) is 0 Å². The minimum Gasteiger partial charge on any atom is -0.305 e. The molecular formula is C22H22F3N3O2S. The number of imide groups is 1. The highest BCUT2D eigenvalue weighted by Crippen LogP contribution is 2.50. The molecule has 3 amide bonds. The lowest BCUT2D eigenvalue weighted by molar-refractivity contribution is -0.120. The summed E-state index contributed by atoms with van der Waals surface area (Å²) in [6, 6.07) is 8.63. The minimum atomic E-state index is -4.40. The van der Waals surface area contributed by atoms with Gasteiger partial charge in [-0.2, -0.15) is 13.2 Å². The molecule has 1 spiro atoms. The van der Waals surface area contributed by atoms with E-state index < -0.39 is 17.1 Å². The summed E-state index contributed by atoms with van der Waals surface area (Å²) in [5, 5.41) is 0. The van der Waals surface area contributed by atoms with E-state index in [1.807, 2.05) is 12.1 Å². The molecule has 2 aromatic rings. The molecule has 1 aliphatic carbocycles. The van der Waals surface area contributed by atoms with Crippen molar-refractivity contribution >= 4 is 29.4 Å². The number of hydrogen-bond donors (Lipinski definition) is 0. The normalized spacial score (nSPS) is 18.3. The molecule has 0 bridgehead atoms. The molecule has 9 heteroatoms. The number of anilines is 1. The van der Waals surface area contributed by atoms with E-state index in [1.165, 1.54) is 24.3 Å². The number of rotatable bonds is 4. The average molecular weight is 449 g/mol. The summed E-state index contributed by atoms with van der Waals surface area (Å²) >= 11 is -0.233. The van der Waals surface area contributed by atoms with Crippen molar-refractivity contribution < 1.29 is 22.8 Å². The second kappa shape index (κ2) is 7.25. The number of thioether (sulfide) groups is 1. The number of alkyl halides is 3. The molecule has 1 aromatic heterocycles. The van der Waals surface area contributed by atoms with Crippen LogP contribution in [0.25, 0.3) is 0 Å². The number of hydrogen-bond acceptors (Lipinski definition) is 4. The first-order valence-corrected chi connectivity index (χ1v) is 10.7. The van der Waals surface area contributed by atoms with Gasteiger partial charge in [0.25, 0.3) is 5.91 Å². The summed E-state index contributed by atoms with van der Waals surface area (Å²) in [6.45, 7) is 6.42. The maximum absolute atomic E-state index is 13.2. The second-order valence-electron chi connectivity index (χ2n) is 8.88. The van der Waals surface area contributed by atoms with Crippen LogP contribution < -0.4 is 4.90 Å². The molecule has 164 valence electrons. The van der Waals surface area contributed by atoms with E-state index in [0.717, 1.165) is 16.2 Å². The van der Waals surface area contributed by atoms with Crippen molar-refractivity contribution in [3.05, 3.63) is 53.9 Å². The predicted molar refractivity (Wildman–Crippen MR) is 112 cm³/mol. The third kappa shape index (κ3) is 4.15. The lowest BCUT2D eigenvalue weighted by atomic mass is 9.91. The van der Waals surface area contributed by atoms with Crippen LogP contribution in [-0.2, 0) is 16.8 Å². The molecule has 2 heterocycles. The summed E-state index contributed by atoms with van der Waals surface area (Å²) in [4.78, 5) is 33.4. The Morgan fingerprint density at radius 1 is 1.06 bits per heavy atom. The molecule has 5 nitrogen and oxygen atoms in total. The average Bonchev–Trinajstić information content (AvgIpc) is 3.44. The number of carbonyl (C=O) groups is 2.